The number of carbonyl (C=O) groups is 1. The molecule has 1 unspecified atom stereocenters. The van der Waals surface area contributed by atoms with Crippen molar-refractivity contribution in [3.63, 3.8) is 0 Å². The van der Waals surface area contributed by atoms with Gasteiger partial charge < -0.3 is 39.6 Å². The number of para-hydroxylation sites is 1. The van der Waals surface area contributed by atoms with Gasteiger partial charge in [-0.3, -0.25) is 4.79 Å². The number of hydrogen-bond acceptors (Lipinski definition) is 9. The van der Waals surface area contributed by atoms with Gasteiger partial charge in [0.1, 0.15) is 41.6 Å². The van der Waals surface area contributed by atoms with E-state index in [1.54, 1.807) is 18.2 Å². The lowest BCUT2D eigenvalue weighted by Gasteiger charge is -2.27. The Kier molecular flexibility index (Phi) is 8.01. The number of pyridine rings is 1. The Morgan fingerprint density at radius 2 is 2.05 bits per heavy atom. The second kappa shape index (κ2) is 11.8. The Labute approximate surface area is 226 Å². The first kappa shape index (κ1) is 26.5. The highest BCUT2D eigenvalue weighted by Crippen LogP contribution is 2.25. The summed E-state index contributed by atoms with van der Waals surface area (Å²) in [4.78, 5) is 26.7. The van der Waals surface area contributed by atoms with Crippen molar-refractivity contribution in [2.75, 3.05) is 49.7 Å². The molecule has 0 aliphatic carbocycles. The Morgan fingerprint density at radius 3 is 2.85 bits per heavy atom. The molecular weight excluding hydrogens is 500 g/mol. The molecule has 1 amide bonds. The smallest absolute Gasteiger partial charge is 0.274 e. The van der Waals surface area contributed by atoms with Crippen molar-refractivity contribution in [2.24, 2.45) is 0 Å². The van der Waals surface area contributed by atoms with E-state index in [4.69, 9.17) is 24.4 Å². The van der Waals surface area contributed by atoms with Crippen molar-refractivity contribution in [1.29, 1.82) is 5.41 Å². The van der Waals surface area contributed by atoms with Gasteiger partial charge in [0.05, 0.1) is 31.7 Å². The van der Waals surface area contributed by atoms with Crippen LogP contribution in [-0.4, -0.2) is 78.0 Å². The van der Waals surface area contributed by atoms with E-state index in [-0.39, 0.29) is 23.4 Å². The Hall–Kier alpha value is -4.06. The molecule has 11 nitrogen and oxygen atoms in total. The number of nitrogens with zero attached hydrogens (tertiary/aromatic N) is 3. The van der Waals surface area contributed by atoms with E-state index in [2.05, 4.69) is 25.2 Å². The van der Waals surface area contributed by atoms with E-state index in [1.165, 1.54) is 6.20 Å². The van der Waals surface area contributed by atoms with Crippen molar-refractivity contribution in [1.82, 2.24) is 15.0 Å². The summed E-state index contributed by atoms with van der Waals surface area (Å²) >= 11 is 0. The topological polar surface area (TPSA) is 135 Å². The highest BCUT2D eigenvalue weighted by molar-refractivity contribution is 6.10. The molecule has 39 heavy (non-hydrogen) atoms. The molecule has 3 aromatic rings. The number of carbonyl (C=O) groups excluding carboxylic acids is 1. The van der Waals surface area contributed by atoms with Crippen LogP contribution < -0.4 is 15.0 Å². The minimum Gasteiger partial charge on any atom is -0.490 e. The third kappa shape index (κ3) is 6.88. The van der Waals surface area contributed by atoms with Crippen LogP contribution in [0.3, 0.4) is 0 Å². The first-order valence-corrected chi connectivity index (χ1v) is 12.8. The largest absolute Gasteiger partial charge is 0.490 e. The van der Waals surface area contributed by atoms with E-state index < -0.39 is 5.79 Å². The summed E-state index contributed by atoms with van der Waals surface area (Å²) in [6.45, 7) is 7.33. The number of hydrogen-bond donors (Lipinski definition) is 3. The maximum Gasteiger partial charge on any atom is 0.274 e. The summed E-state index contributed by atoms with van der Waals surface area (Å²) in [6, 6.07) is 12.8. The molecule has 2 aliphatic heterocycles. The van der Waals surface area contributed by atoms with Crippen LogP contribution >= 0.6 is 0 Å². The average Bonchev–Trinajstić information content (AvgIpc) is 3.57. The van der Waals surface area contributed by atoms with Crippen LogP contribution in [0.4, 0.5) is 11.6 Å². The number of rotatable bonds is 9. The van der Waals surface area contributed by atoms with Gasteiger partial charge in [0.25, 0.3) is 5.91 Å². The first-order chi connectivity index (χ1) is 18.9. The summed E-state index contributed by atoms with van der Waals surface area (Å²) < 4.78 is 22.7. The van der Waals surface area contributed by atoms with E-state index in [1.807, 2.05) is 50.2 Å². The number of allylic oxidation sites excluding steroid dienone is 1. The minimum absolute atomic E-state index is 0.178. The second-order valence-electron chi connectivity index (χ2n) is 9.62. The molecule has 2 saturated heterocycles. The zero-order valence-corrected chi connectivity index (χ0v) is 22.0. The van der Waals surface area contributed by atoms with Crippen LogP contribution in [0.25, 0.3) is 6.08 Å². The van der Waals surface area contributed by atoms with Crippen molar-refractivity contribution < 1.29 is 23.7 Å². The maximum atomic E-state index is 12.8. The van der Waals surface area contributed by atoms with Gasteiger partial charge in [-0.2, -0.15) is 0 Å². The molecule has 2 aliphatic rings. The lowest BCUT2D eigenvalue weighted by molar-refractivity contribution is -0.141. The van der Waals surface area contributed by atoms with Gasteiger partial charge >= 0.3 is 0 Å². The minimum atomic E-state index is -0.620. The van der Waals surface area contributed by atoms with Crippen LogP contribution in [-0.2, 0) is 14.2 Å². The summed E-state index contributed by atoms with van der Waals surface area (Å²) in [6.07, 6.45) is 4.52. The third-order valence-corrected chi connectivity index (χ3v) is 6.23. The van der Waals surface area contributed by atoms with Gasteiger partial charge in [-0.25, -0.2) is 9.97 Å². The second-order valence-corrected chi connectivity index (χ2v) is 9.62. The highest BCUT2D eigenvalue weighted by Gasteiger charge is 2.33. The number of benzene rings is 1. The number of ether oxygens (including phenoxy) is 4. The molecule has 0 spiro atoms. The number of nitrogens with one attached hydrogen (secondary N) is 3. The summed E-state index contributed by atoms with van der Waals surface area (Å²) in [7, 11) is 0. The Morgan fingerprint density at radius 1 is 1.23 bits per heavy atom. The molecule has 1 atom stereocenters. The first-order valence-electron chi connectivity index (χ1n) is 12.8. The zero-order chi connectivity index (χ0) is 27.2. The lowest BCUT2D eigenvalue weighted by Crippen LogP contribution is -2.36. The van der Waals surface area contributed by atoms with Crippen LogP contribution in [0.1, 0.15) is 35.7 Å². The molecule has 2 fully saturated rings. The average molecular weight is 533 g/mol. The fourth-order valence-electron chi connectivity index (χ4n) is 4.28. The number of morpholine rings is 1. The van der Waals surface area contributed by atoms with E-state index in [0.29, 0.717) is 49.4 Å². The molecule has 11 heteroatoms. The quantitative estimate of drug-likeness (QED) is 0.357. The van der Waals surface area contributed by atoms with Crippen LogP contribution in [0.15, 0.2) is 54.7 Å². The lowest BCUT2D eigenvalue weighted by atomic mass is 10.1. The fraction of sp³-hybridized carbons (Fsp3) is 0.357. The van der Waals surface area contributed by atoms with Gasteiger partial charge in [0.2, 0.25) is 0 Å². The number of amides is 1. The summed E-state index contributed by atoms with van der Waals surface area (Å²) in [5, 5.41) is 11.4. The molecule has 1 aromatic carbocycles. The number of H-pyrrole nitrogens is 1. The van der Waals surface area contributed by atoms with Gasteiger partial charge in [-0.15, -0.1) is 0 Å². The van der Waals surface area contributed by atoms with Gasteiger partial charge in [0, 0.05) is 18.7 Å². The predicted molar refractivity (Wildman–Crippen MR) is 147 cm³/mol. The van der Waals surface area contributed by atoms with E-state index in [9.17, 15) is 4.79 Å². The van der Waals surface area contributed by atoms with Crippen molar-refractivity contribution in [2.45, 2.75) is 25.7 Å². The SMILES string of the molecule is CC1(C)OCC(COc2ccccc2C(=N)/C=C\c2ncc(C(=O)Nc3cccc(N4CCOCC4)n3)[nH]2)O1. The predicted octanol–water partition coefficient (Wildman–Crippen LogP) is 3.51. The summed E-state index contributed by atoms with van der Waals surface area (Å²) in [5.41, 5.74) is 1.15. The molecule has 0 radical (unpaired) electrons. The zero-order valence-electron chi connectivity index (χ0n) is 22.0. The molecular formula is C28H32N6O5. The van der Waals surface area contributed by atoms with E-state index >= 15 is 0 Å². The highest BCUT2D eigenvalue weighted by atomic mass is 16.7. The normalized spacial score (nSPS) is 18.8. The molecule has 0 bridgehead atoms. The monoisotopic (exact) mass is 532 g/mol. The van der Waals surface area contributed by atoms with Gasteiger partial charge in [-0.05, 0) is 50.3 Å². The van der Waals surface area contributed by atoms with Crippen molar-refractivity contribution in [3.8, 4) is 5.75 Å². The number of anilines is 2. The molecule has 3 N–H and O–H groups in total. The fourth-order valence-corrected chi connectivity index (χ4v) is 4.28. The Bertz CT molecular complexity index is 1350. The van der Waals surface area contributed by atoms with Gasteiger partial charge in [-0.1, -0.05) is 18.2 Å². The molecule has 2 aromatic heterocycles. The third-order valence-electron chi connectivity index (χ3n) is 6.23. The van der Waals surface area contributed by atoms with Crippen LogP contribution in [0, 0.1) is 5.41 Å². The molecule has 204 valence electrons. The van der Waals surface area contributed by atoms with Crippen LogP contribution in [0.2, 0.25) is 0 Å². The van der Waals surface area contributed by atoms with Crippen LogP contribution in [0.5, 0.6) is 5.75 Å². The molecule has 0 saturated carbocycles. The number of aromatic nitrogens is 3. The van der Waals surface area contributed by atoms with Crippen molar-refractivity contribution >= 4 is 29.3 Å². The maximum absolute atomic E-state index is 12.8. The molecule has 5 rings (SSSR count). The van der Waals surface area contributed by atoms with E-state index in [0.717, 1.165) is 18.9 Å². The Balaban J connectivity index is 1.18. The standard InChI is InChI=1S/C28H32N6O5/c1-28(2)38-18-19(39-28)17-37-23-7-4-3-6-20(23)21(29)10-11-24-30-16-22(31-24)27(35)33-25-8-5-9-26(32-25)34-12-14-36-15-13-34/h3-11,16,19,29H,12-15,17-18H2,1-2H3,(H,30,31)(H,32,33,35)/b11-10-,29-21?. The molecule has 4 heterocycles. The number of aromatic amines is 1. The van der Waals surface area contributed by atoms with Gasteiger partial charge in [0.15, 0.2) is 5.79 Å². The van der Waals surface area contributed by atoms with Crippen molar-refractivity contribution in [3.05, 3.63) is 71.8 Å². The summed E-state index contributed by atoms with van der Waals surface area (Å²) in [5.74, 6) is 1.28. The number of imidazole rings is 1.